The Labute approximate surface area is 126 Å². The number of rotatable bonds is 6. The predicted octanol–water partition coefficient (Wildman–Crippen LogP) is 0.302. The molecule has 1 aliphatic heterocycles. The highest BCUT2D eigenvalue weighted by Gasteiger charge is 2.37. The van der Waals surface area contributed by atoms with E-state index < -0.39 is 5.97 Å². The molecule has 1 heterocycles. The van der Waals surface area contributed by atoms with E-state index in [1.165, 1.54) is 7.11 Å². The Hall–Kier alpha value is -1.34. The standard InChI is InChI=1S/C14H27N3O4/c1-16(2)14(7-10-20-3)5-8-17(9-6-14)13(19)15-11-12(18)21-4/h5-11H2,1-4H3,(H,15,19). The third kappa shape index (κ3) is 4.86. The maximum Gasteiger partial charge on any atom is 0.325 e. The number of hydrogen-bond donors (Lipinski definition) is 1. The van der Waals surface area contributed by atoms with Gasteiger partial charge in [-0.3, -0.25) is 4.79 Å². The molecule has 7 nitrogen and oxygen atoms in total. The molecule has 0 saturated carbocycles. The molecule has 7 heteroatoms. The maximum atomic E-state index is 12.0. The summed E-state index contributed by atoms with van der Waals surface area (Å²) in [5.74, 6) is -0.442. The number of esters is 1. The van der Waals surface area contributed by atoms with E-state index in [0.29, 0.717) is 19.7 Å². The fraction of sp³-hybridized carbons (Fsp3) is 0.857. The summed E-state index contributed by atoms with van der Waals surface area (Å²) in [6.07, 6.45) is 2.75. The molecule has 1 N–H and O–H groups in total. The van der Waals surface area contributed by atoms with Crippen LogP contribution in [0, 0.1) is 0 Å². The molecular weight excluding hydrogens is 274 g/mol. The first-order valence-corrected chi connectivity index (χ1v) is 7.21. The Bertz CT molecular complexity index is 352. The number of ether oxygens (including phenoxy) is 2. The van der Waals surface area contributed by atoms with E-state index in [1.54, 1.807) is 12.0 Å². The van der Waals surface area contributed by atoms with Crippen molar-refractivity contribution in [3.05, 3.63) is 0 Å². The second-order valence-electron chi connectivity index (χ2n) is 5.58. The van der Waals surface area contributed by atoms with E-state index in [2.05, 4.69) is 29.0 Å². The van der Waals surface area contributed by atoms with Gasteiger partial charge in [0.25, 0.3) is 0 Å². The molecule has 0 aliphatic carbocycles. The molecule has 122 valence electrons. The lowest BCUT2D eigenvalue weighted by Crippen LogP contribution is -2.56. The van der Waals surface area contributed by atoms with Gasteiger partial charge in [-0.25, -0.2) is 4.79 Å². The summed E-state index contributed by atoms with van der Waals surface area (Å²) in [7, 11) is 7.15. The van der Waals surface area contributed by atoms with Crippen LogP contribution in [-0.2, 0) is 14.3 Å². The van der Waals surface area contributed by atoms with Crippen molar-refractivity contribution in [2.45, 2.75) is 24.8 Å². The molecule has 21 heavy (non-hydrogen) atoms. The number of amides is 2. The number of likely N-dealkylation sites (tertiary alicyclic amines) is 1. The fourth-order valence-corrected chi connectivity index (χ4v) is 2.67. The molecule has 1 aliphatic rings. The van der Waals surface area contributed by atoms with E-state index >= 15 is 0 Å². The number of methoxy groups -OCH3 is 2. The van der Waals surface area contributed by atoms with Gasteiger partial charge in [0, 0.05) is 32.3 Å². The minimum absolute atomic E-state index is 0.0785. The SMILES string of the molecule is COCCC1(N(C)C)CCN(C(=O)NCC(=O)OC)CC1. The van der Waals surface area contributed by atoms with Gasteiger partial charge >= 0.3 is 12.0 Å². The molecule has 0 bridgehead atoms. The highest BCUT2D eigenvalue weighted by molar-refractivity contribution is 5.80. The van der Waals surface area contributed by atoms with Crippen molar-refractivity contribution in [1.82, 2.24) is 15.1 Å². The van der Waals surface area contributed by atoms with Gasteiger partial charge in [0.15, 0.2) is 0 Å². The van der Waals surface area contributed by atoms with Gasteiger partial charge in [-0.05, 0) is 33.4 Å². The van der Waals surface area contributed by atoms with E-state index in [4.69, 9.17) is 4.74 Å². The topological polar surface area (TPSA) is 71.1 Å². The number of carbonyl (C=O) groups is 2. The molecule has 0 spiro atoms. The van der Waals surface area contributed by atoms with Crippen LogP contribution in [0.3, 0.4) is 0 Å². The zero-order valence-electron chi connectivity index (χ0n) is 13.5. The van der Waals surface area contributed by atoms with Crippen LogP contribution in [-0.4, -0.2) is 81.9 Å². The Kier molecular flexibility index (Phi) is 6.91. The summed E-state index contributed by atoms with van der Waals surface area (Å²) in [4.78, 5) is 27.0. The van der Waals surface area contributed by atoms with Gasteiger partial charge in [0.2, 0.25) is 0 Å². The monoisotopic (exact) mass is 301 g/mol. The summed E-state index contributed by atoms with van der Waals surface area (Å²) in [6, 6.07) is -0.209. The minimum atomic E-state index is -0.442. The predicted molar refractivity (Wildman–Crippen MR) is 79.1 cm³/mol. The molecule has 1 saturated heterocycles. The van der Waals surface area contributed by atoms with Gasteiger partial charge in [-0.2, -0.15) is 0 Å². The second-order valence-corrected chi connectivity index (χ2v) is 5.58. The lowest BCUT2D eigenvalue weighted by Gasteiger charge is -2.46. The van der Waals surface area contributed by atoms with Gasteiger partial charge in [0.1, 0.15) is 6.54 Å². The average Bonchev–Trinajstić information content (AvgIpc) is 2.50. The molecule has 0 aromatic carbocycles. The van der Waals surface area contributed by atoms with Crippen molar-refractivity contribution >= 4 is 12.0 Å². The van der Waals surface area contributed by atoms with Crippen LogP contribution in [0.25, 0.3) is 0 Å². The van der Waals surface area contributed by atoms with Gasteiger partial charge in [-0.15, -0.1) is 0 Å². The molecule has 0 aromatic heterocycles. The lowest BCUT2D eigenvalue weighted by atomic mass is 9.83. The largest absolute Gasteiger partial charge is 0.468 e. The van der Waals surface area contributed by atoms with Crippen LogP contribution in [0.1, 0.15) is 19.3 Å². The van der Waals surface area contributed by atoms with E-state index in [-0.39, 0.29) is 18.1 Å². The number of nitrogens with zero attached hydrogens (tertiary/aromatic N) is 2. The Morgan fingerprint density at radius 3 is 2.33 bits per heavy atom. The fourth-order valence-electron chi connectivity index (χ4n) is 2.67. The van der Waals surface area contributed by atoms with Crippen LogP contribution in [0.4, 0.5) is 4.79 Å². The average molecular weight is 301 g/mol. The molecule has 0 atom stereocenters. The van der Waals surface area contributed by atoms with E-state index in [0.717, 1.165) is 19.3 Å². The summed E-state index contributed by atoms with van der Waals surface area (Å²) in [5.41, 5.74) is 0.0785. The first-order valence-electron chi connectivity index (χ1n) is 7.21. The van der Waals surface area contributed by atoms with Crippen molar-refractivity contribution in [1.29, 1.82) is 0 Å². The Morgan fingerprint density at radius 1 is 1.24 bits per heavy atom. The minimum Gasteiger partial charge on any atom is -0.468 e. The number of urea groups is 1. The number of hydrogen-bond acceptors (Lipinski definition) is 5. The Morgan fingerprint density at radius 2 is 1.86 bits per heavy atom. The highest BCUT2D eigenvalue weighted by atomic mass is 16.5. The normalized spacial score (nSPS) is 17.7. The molecule has 0 aromatic rings. The third-order valence-electron chi connectivity index (χ3n) is 4.31. The molecular formula is C14H27N3O4. The van der Waals surface area contributed by atoms with Crippen LogP contribution >= 0.6 is 0 Å². The second kappa shape index (κ2) is 8.19. The first kappa shape index (κ1) is 17.7. The quantitative estimate of drug-likeness (QED) is 0.715. The van der Waals surface area contributed by atoms with Crippen molar-refractivity contribution in [3.8, 4) is 0 Å². The van der Waals surface area contributed by atoms with Gasteiger partial charge < -0.3 is 24.6 Å². The molecule has 0 unspecified atom stereocenters. The van der Waals surface area contributed by atoms with Gasteiger partial charge in [-0.1, -0.05) is 0 Å². The van der Waals surface area contributed by atoms with Crippen LogP contribution in [0.2, 0.25) is 0 Å². The molecule has 2 amide bonds. The molecule has 1 rings (SSSR count). The highest BCUT2D eigenvalue weighted by Crippen LogP contribution is 2.30. The van der Waals surface area contributed by atoms with Crippen LogP contribution in [0.5, 0.6) is 0 Å². The van der Waals surface area contributed by atoms with Crippen molar-refractivity contribution in [2.75, 3.05) is 54.6 Å². The smallest absolute Gasteiger partial charge is 0.325 e. The van der Waals surface area contributed by atoms with E-state index in [1.807, 2.05) is 0 Å². The number of nitrogens with one attached hydrogen (secondary N) is 1. The van der Waals surface area contributed by atoms with Crippen molar-refractivity contribution in [2.24, 2.45) is 0 Å². The summed E-state index contributed by atoms with van der Waals surface area (Å²) in [6.45, 7) is 1.98. The maximum absolute atomic E-state index is 12.0. The van der Waals surface area contributed by atoms with Crippen molar-refractivity contribution < 1.29 is 19.1 Å². The van der Waals surface area contributed by atoms with Crippen LogP contribution in [0.15, 0.2) is 0 Å². The molecule has 1 fully saturated rings. The van der Waals surface area contributed by atoms with E-state index in [9.17, 15) is 9.59 Å². The van der Waals surface area contributed by atoms with Crippen molar-refractivity contribution in [3.63, 3.8) is 0 Å². The first-order chi connectivity index (χ1) is 9.95. The zero-order chi connectivity index (χ0) is 15.9. The number of piperidine rings is 1. The Balaban J connectivity index is 2.49. The third-order valence-corrected chi connectivity index (χ3v) is 4.31. The van der Waals surface area contributed by atoms with Crippen LogP contribution < -0.4 is 5.32 Å². The number of carbonyl (C=O) groups excluding carboxylic acids is 2. The summed E-state index contributed by atoms with van der Waals surface area (Å²) < 4.78 is 9.70. The summed E-state index contributed by atoms with van der Waals surface area (Å²) in [5, 5.41) is 2.58. The zero-order valence-corrected chi connectivity index (χ0v) is 13.5. The lowest BCUT2D eigenvalue weighted by molar-refractivity contribution is -0.139. The molecule has 0 radical (unpaired) electrons. The summed E-state index contributed by atoms with van der Waals surface area (Å²) >= 11 is 0. The van der Waals surface area contributed by atoms with Gasteiger partial charge in [0.05, 0.1) is 7.11 Å².